The summed E-state index contributed by atoms with van der Waals surface area (Å²) in [4.78, 5) is 7.42. The Hall–Kier alpha value is -1.30. The Kier molecular flexibility index (Phi) is 6.59. The lowest BCUT2D eigenvalue weighted by molar-refractivity contribution is 0.159. The van der Waals surface area contributed by atoms with E-state index in [9.17, 15) is 17.2 Å². The number of ether oxygens (including phenoxy) is 1. The third kappa shape index (κ3) is 4.90. The minimum Gasteiger partial charge on any atom is -0.359 e. The van der Waals surface area contributed by atoms with Gasteiger partial charge in [-0.3, -0.25) is 0 Å². The molecule has 0 saturated carbocycles. The van der Waals surface area contributed by atoms with Crippen LogP contribution in [0.5, 0.6) is 0 Å². The maximum absolute atomic E-state index is 14.3. The Morgan fingerprint density at radius 2 is 1.92 bits per heavy atom. The average molecular weight is 426 g/mol. The van der Waals surface area contributed by atoms with Crippen LogP contribution in [0, 0.1) is 18.6 Å². The van der Waals surface area contributed by atoms with Crippen LogP contribution in [0.15, 0.2) is 22.1 Å². The van der Waals surface area contributed by atoms with Gasteiger partial charge in [-0.25, -0.2) is 33.1 Å². The van der Waals surface area contributed by atoms with Gasteiger partial charge in [0.2, 0.25) is 5.03 Å². The molecular weight excluding hydrogens is 404 g/mol. The van der Waals surface area contributed by atoms with Gasteiger partial charge in [0.05, 0.1) is 18.3 Å². The molecule has 146 valence electrons. The Balaban J connectivity index is 2.32. The van der Waals surface area contributed by atoms with Gasteiger partial charge in [-0.2, -0.15) is 8.42 Å². The second-order valence-electron chi connectivity index (χ2n) is 6.38. The topological polar surface area (TPSA) is 72.4 Å². The lowest BCUT2D eigenvalue weighted by Crippen LogP contribution is -2.35. The molecule has 0 fully saturated rings. The van der Waals surface area contributed by atoms with Crippen LogP contribution in [-0.4, -0.2) is 56.2 Å². The largest absolute Gasteiger partial charge is 0.359 e. The van der Waals surface area contributed by atoms with Crippen LogP contribution in [0.2, 0.25) is 0 Å². The zero-order chi connectivity index (χ0) is 19.5. The number of aromatic nitrogens is 2. The minimum absolute atomic E-state index is 0.0984. The highest BCUT2D eigenvalue weighted by Gasteiger charge is 2.32. The molecule has 11 heteroatoms. The first-order chi connectivity index (χ1) is 12.0. The van der Waals surface area contributed by atoms with Gasteiger partial charge in [-0.05, 0) is 25.7 Å². The van der Waals surface area contributed by atoms with Crippen LogP contribution in [0.4, 0.5) is 14.6 Å². The monoisotopic (exact) mass is 425 g/mol. The first kappa shape index (κ1) is 21.0. The number of pyridine rings is 1. The molecule has 2 heterocycles. The third-order valence-corrected chi connectivity index (χ3v) is 7.04. The lowest BCUT2D eigenvalue weighted by atomic mass is 10.3. The lowest BCUT2D eigenvalue weighted by Gasteiger charge is -2.26. The van der Waals surface area contributed by atoms with Crippen molar-refractivity contribution in [3.63, 3.8) is 0 Å². The van der Waals surface area contributed by atoms with Crippen molar-refractivity contribution in [3.8, 4) is 0 Å². The molecular formula is C15H21F2N3O3S3. The zero-order valence-electron chi connectivity index (χ0n) is 14.9. The van der Waals surface area contributed by atoms with Crippen LogP contribution in [0.25, 0.3) is 0 Å². The highest BCUT2D eigenvalue weighted by atomic mass is 32.3. The van der Waals surface area contributed by atoms with Gasteiger partial charge in [0.15, 0.2) is 11.6 Å². The maximum atomic E-state index is 14.3. The Morgan fingerprint density at radius 1 is 1.23 bits per heavy atom. The number of halogens is 2. The van der Waals surface area contributed by atoms with E-state index in [0.29, 0.717) is 12.8 Å². The standard InChI is InChI=1S/C15H21F2N3O3S3/c1-11-12(16)7-18-15(14(11)17)26(21,22)20(13-8-24-9-19-13)10-23-5-6-25(2,3)4/h7-9H,5-6,10H2,1-4H3. The average Bonchev–Trinajstić information content (AvgIpc) is 3.05. The fourth-order valence-corrected chi connectivity index (χ4v) is 4.42. The molecule has 2 aromatic rings. The fourth-order valence-electron chi connectivity index (χ4n) is 1.86. The molecule has 0 radical (unpaired) electrons. The van der Waals surface area contributed by atoms with Gasteiger partial charge in [-0.1, -0.05) is 0 Å². The Bertz CT molecular complexity index is 853. The molecule has 0 aliphatic rings. The number of thiazole rings is 1. The number of rotatable bonds is 8. The van der Waals surface area contributed by atoms with Gasteiger partial charge in [0, 0.05) is 16.7 Å². The van der Waals surface area contributed by atoms with E-state index in [1.165, 1.54) is 22.2 Å². The predicted octanol–water partition coefficient (Wildman–Crippen LogP) is 2.99. The number of sulfonamides is 1. The van der Waals surface area contributed by atoms with Crippen molar-refractivity contribution in [1.82, 2.24) is 9.97 Å². The van der Waals surface area contributed by atoms with E-state index >= 15 is 0 Å². The first-order valence-electron chi connectivity index (χ1n) is 7.49. The van der Waals surface area contributed by atoms with Gasteiger partial charge in [0.25, 0.3) is 10.0 Å². The van der Waals surface area contributed by atoms with Gasteiger partial charge in [-0.15, -0.1) is 11.3 Å². The van der Waals surface area contributed by atoms with E-state index in [2.05, 4.69) is 28.7 Å². The van der Waals surface area contributed by atoms with Crippen molar-refractivity contribution >= 4 is 37.2 Å². The van der Waals surface area contributed by atoms with Gasteiger partial charge in [0.1, 0.15) is 12.5 Å². The number of anilines is 1. The fraction of sp³-hybridized carbons (Fsp3) is 0.467. The molecule has 2 aromatic heterocycles. The Labute approximate surface area is 157 Å². The second-order valence-corrected chi connectivity index (χ2v) is 13.5. The summed E-state index contributed by atoms with van der Waals surface area (Å²) in [7, 11) is -5.20. The minimum atomic E-state index is -4.40. The molecule has 0 amide bonds. The first-order valence-corrected chi connectivity index (χ1v) is 12.9. The van der Waals surface area contributed by atoms with Crippen molar-refractivity contribution in [2.75, 3.05) is 42.2 Å². The molecule has 0 N–H and O–H groups in total. The van der Waals surface area contributed by atoms with Crippen molar-refractivity contribution in [2.24, 2.45) is 0 Å². The molecule has 2 rings (SSSR count). The SMILES string of the molecule is Cc1c(F)cnc(S(=O)(=O)N(COCCS(C)(C)C)c2cscn2)c1F. The van der Waals surface area contributed by atoms with E-state index in [4.69, 9.17) is 4.74 Å². The summed E-state index contributed by atoms with van der Waals surface area (Å²) >= 11 is 1.19. The maximum Gasteiger partial charge on any atom is 0.287 e. The third-order valence-electron chi connectivity index (χ3n) is 3.43. The molecule has 0 spiro atoms. The molecule has 0 aliphatic heterocycles. The molecule has 0 unspecified atom stereocenters. The van der Waals surface area contributed by atoms with Crippen molar-refractivity contribution in [2.45, 2.75) is 11.9 Å². The summed E-state index contributed by atoms with van der Waals surface area (Å²) in [6, 6.07) is 0. The summed E-state index contributed by atoms with van der Waals surface area (Å²) in [6.45, 7) is 1.17. The van der Waals surface area contributed by atoms with Gasteiger partial charge >= 0.3 is 0 Å². The predicted molar refractivity (Wildman–Crippen MR) is 102 cm³/mol. The van der Waals surface area contributed by atoms with E-state index in [0.717, 1.165) is 17.0 Å². The van der Waals surface area contributed by atoms with Crippen molar-refractivity contribution in [1.29, 1.82) is 0 Å². The molecule has 0 aliphatic carbocycles. The molecule has 6 nitrogen and oxygen atoms in total. The van der Waals surface area contributed by atoms with Crippen LogP contribution >= 0.6 is 21.4 Å². The van der Waals surface area contributed by atoms with E-state index < -0.39 is 42.3 Å². The summed E-state index contributed by atoms with van der Waals surface area (Å²) in [5.74, 6) is -1.24. The van der Waals surface area contributed by atoms with Crippen LogP contribution in [0.3, 0.4) is 0 Å². The normalized spacial score (nSPS) is 13.0. The number of nitrogens with zero attached hydrogens (tertiary/aromatic N) is 3. The number of hydrogen-bond acceptors (Lipinski definition) is 6. The smallest absolute Gasteiger partial charge is 0.287 e. The van der Waals surface area contributed by atoms with E-state index in [-0.39, 0.29) is 12.5 Å². The summed E-state index contributed by atoms with van der Waals surface area (Å²) in [5.41, 5.74) is 1.05. The molecule has 0 saturated heterocycles. The Morgan fingerprint density at radius 3 is 2.50 bits per heavy atom. The van der Waals surface area contributed by atoms with Crippen LogP contribution < -0.4 is 4.31 Å². The highest BCUT2D eigenvalue weighted by molar-refractivity contribution is 8.32. The molecule has 26 heavy (non-hydrogen) atoms. The van der Waals surface area contributed by atoms with Crippen LogP contribution in [-0.2, 0) is 14.8 Å². The summed E-state index contributed by atoms with van der Waals surface area (Å²) in [6.07, 6.45) is 7.04. The summed E-state index contributed by atoms with van der Waals surface area (Å²) in [5, 5.41) is 0.652. The summed E-state index contributed by atoms with van der Waals surface area (Å²) < 4.78 is 59.9. The van der Waals surface area contributed by atoms with Crippen molar-refractivity contribution in [3.05, 3.63) is 34.3 Å². The van der Waals surface area contributed by atoms with Gasteiger partial charge < -0.3 is 4.74 Å². The van der Waals surface area contributed by atoms with E-state index in [1.807, 2.05) is 0 Å². The zero-order valence-corrected chi connectivity index (χ0v) is 17.3. The quantitative estimate of drug-likeness (QED) is 0.480. The van der Waals surface area contributed by atoms with E-state index in [1.54, 1.807) is 0 Å². The molecule has 0 atom stereocenters. The highest BCUT2D eigenvalue weighted by Crippen LogP contribution is 2.33. The molecule has 0 aromatic carbocycles. The van der Waals surface area contributed by atoms with Crippen molar-refractivity contribution < 1.29 is 21.9 Å². The van der Waals surface area contributed by atoms with Crippen LogP contribution in [0.1, 0.15) is 5.56 Å². The number of hydrogen-bond donors (Lipinski definition) is 0. The second kappa shape index (κ2) is 8.15. The molecule has 0 bridgehead atoms.